The third kappa shape index (κ3) is 5.69. The molecular formula is C18H22N2O2S. The van der Waals surface area contributed by atoms with Gasteiger partial charge in [-0.2, -0.15) is 0 Å². The van der Waals surface area contributed by atoms with Gasteiger partial charge in [-0.1, -0.05) is 25.1 Å². The summed E-state index contributed by atoms with van der Waals surface area (Å²) >= 11 is 1.68. The zero-order valence-electron chi connectivity index (χ0n) is 13.5. The molecule has 0 radical (unpaired) electrons. The molecule has 23 heavy (non-hydrogen) atoms. The van der Waals surface area contributed by atoms with Gasteiger partial charge in [0.15, 0.2) is 0 Å². The second-order valence-electron chi connectivity index (χ2n) is 5.19. The van der Waals surface area contributed by atoms with Crippen LogP contribution in [0.15, 0.2) is 53.7 Å². The predicted octanol–water partition coefficient (Wildman–Crippen LogP) is 3.53. The van der Waals surface area contributed by atoms with Crippen molar-refractivity contribution in [2.45, 2.75) is 30.2 Å². The number of carbonyl (C=O) groups excluding carboxylic acids is 1. The van der Waals surface area contributed by atoms with E-state index in [1.165, 1.54) is 5.56 Å². The lowest BCUT2D eigenvalue weighted by molar-refractivity contribution is 0.0894. The van der Waals surface area contributed by atoms with Crippen molar-refractivity contribution in [3.05, 3.63) is 59.8 Å². The monoisotopic (exact) mass is 330 g/mol. The molecule has 2 aromatic rings. The van der Waals surface area contributed by atoms with Crippen molar-refractivity contribution in [1.82, 2.24) is 10.3 Å². The fourth-order valence-corrected chi connectivity index (χ4v) is 2.89. The van der Waals surface area contributed by atoms with E-state index in [2.05, 4.69) is 10.3 Å². The van der Waals surface area contributed by atoms with Crippen LogP contribution in [0.2, 0.25) is 0 Å². The van der Waals surface area contributed by atoms with Gasteiger partial charge in [-0.25, -0.2) is 4.98 Å². The van der Waals surface area contributed by atoms with Crippen LogP contribution < -0.4 is 5.32 Å². The lowest BCUT2D eigenvalue weighted by Gasteiger charge is -2.16. The summed E-state index contributed by atoms with van der Waals surface area (Å²) in [6, 6.07) is 13.6. The number of amides is 1. The molecule has 122 valence electrons. The van der Waals surface area contributed by atoms with E-state index in [0.29, 0.717) is 12.2 Å². The maximum absolute atomic E-state index is 12.2. The number of nitrogens with one attached hydrogen (secondary N) is 1. The Hall–Kier alpha value is -1.85. The number of benzene rings is 1. The first-order valence-electron chi connectivity index (χ1n) is 7.65. The topological polar surface area (TPSA) is 51.2 Å². The number of nitrogens with zero attached hydrogens (tertiary/aromatic N) is 1. The summed E-state index contributed by atoms with van der Waals surface area (Å²) in [7, 11) is 1.64. The Labute approximate surface area is 141 Å². The van der Waals surface area contributed by atoms with E-state index < -0.39 is 0 Å². The Balaban J connectivity index is 1.89. The van der Waals surface area contributed by atoms with Crippen LogP contribution in [0.1, 0.15) is 29.3 Å². The number of hydrogen-bond donors (Lipinski definition) is 1. The third-order valence-electron chi connectivity index (χ3n) is 3.44. The molecule has 1 amide bonds. The van der Waals surface area contributed by atoms with Gasteiger partial charge in [0.25, 0.3) is 5.91 Å². The maximum atomic E-state index is 12.2. The van der Waals surface area contributed by atoms with Crippen molar-refractivity contribution < 1.29 is 9.53 Å². The molecule has 0 unspecified atom stereocenters. The summed E-state index contributed by atoms with van der Waals surface area (Å²) in [6.45, 7) is 2.56. The molecule has 0 aliphatic heterocycles. The molecular weight excluding hydrogens is 308 g/mol. The molecule has 0 saturated heterocycles. The molecule has 0 saturated carbocycles. The molecule has 1 atom stereocenters. The van der Waals surface area contributed by atoms with Crippen LogP contribution in [0.3, 0.4) is 0 Å². The Morgan fingerprint density at radius 3 is 2.65 bits per heavy atom. The van der Waals surface area contributed by atoms with E-state index in [9.17, 15) is 4.79 Å². The molecule has 0 bridgehead atoms. The first kappa shape index (κ1) is 17.5. The van der Waals surface area contributed by atoms with Crippen LogP contribution in [0.25, 0.3) is 0 Å². The van der Waals surface area contributed by atoms with E-state index in [4.69, 9.17) is 4.74 Å². The summed E-state index contributed by atoms with van der Waals surface area (Å²) in [6.07, 6.45) is 2.64. The first-order valence-corrected chi connectivity index (χ1v) is 8.64. The zero-order valence-corrected chi connectivity index (χ0v) is 14.3. The van der Waals surface area contributed by atoms with Crippen molar-refractivity contribution in [1.29, 1.82) is 0 Å². The molecule has 0 fully saturated rings. The van der Waals surface area contributed by atoms with E-state index >= 15 is 0 Å². The average Bonchev–Trinajstić information content (AvgIpc) is 2.60. The lowest BCUT2D eigenvalue weighted by atomic mass is 10.1. The Morgan fingerprint density at radius 1 is 1.26 bits per heavy atom. The predicted molar refractivity (Wildman–Crippen MR) is 93.7 cm³/mol. The molecule has 1 aromatic heterocycles. The van der Waals surface area contributed by atoms with Crippen molar-refractivity contribution in [2.24, 2.45) is 0 Å². The molecule has 1 aromatic carbocycles. The van der Waals surface area contributed by atoms with Gasteiger partial charge in [0, 0.05) is 24.6 Å². The Bertz CT molecular complexity index is 602. The number of ether oxygens (including phenoxy) is 1. The fraction of sp³-hybridized carbons (Fsp3) is 0.333. The van der Waals surface area contributed by atoms with Crippen LogP contribution in [0, 0.1) is 0 Å². The van der Waals surface area contributed by atoms with Crippen molar-refractivity contribution in [2.75, 3.05) is 13.7 Å². The number of hydrogen-bond acceptors (Lipinski definition) is 4. The van der Waals surface area contributed by atoms with Gasteiger partial charge in [0.05, 0.1) is 17.7 Å². The van der Waals surface area contributed by atoms with E-state index in [1.807, 2.05) is 49.4 Å². The van der Waals surface area contributed by atoms with Gasteiger partial charge in [0.1, 0.15) is 0 Å². The average molecular weight is 330 g/mol. The van der Waals surface area contributed by atoms with Crippen LogP contribution in [0.4, 0.5) is 0 Å². The minimum Gasteiger partial charge on any atom is -0.383 e. The number of pyridine rings is 1. The van der Waals surface area contributed by atoms with Gasteiger partial charge in [-0.15, -0.1) is 11.8 Å². The van der Waals surface area contributed by atoms with E-state index in [-0.39, 0.29) is 11.9 Å². The highest BCUT2D eigenvalue weighted by Crippen LogP contribution is 2.20. The summed E-state index contributed by atoms with van der Waals surface area (Å²) in [4.78, 5) is 16.5. The van der Waals surface area contributed by atoms with Gasteiger partial charge in [0.2, 0.25) is 0 Å². The first-order chi connectivity index (χ1) is 11.2. The summed E-state index contributed by atoms with van der Waals surface area (Å²) in [5, 5.41) is 3.98. The second kappa shape index (κ2) is 9.33. The number of carbonyl (C=O) groups is 1. The van der Waals surface area contributed by atoms with Crippen LogP contribution >= 0.6 is 11.8 Å². The Morgan fingerprint density at radius 2 is 2.04 bits per heavy atom. The number of thioether (sulfide) groups is 1. The normalized spacial score (nSPS) is 11.9. The highest BCUT2D eigenvalue weighted by molar-refractivity contribution is 7.98. The standard InChI is InChI=1S/C18H22N2O2S/c1-3-16(12-22-2)20-18(21)15-9-7-14(8-10-15)13-23-17-6-4-5-11-19-17/h4-11,16H,3,12-13H2,1-2H3,(H,20,21)/t16-/m0/s1. The number of rotatable bonds is 8. The highest BCUT2D eigenvalue weighted by Gasteiger charge is 2.11. The minimum atomic E-state index is -0.0576. The van der Waals surface area contributed by atoms with Crippen molar-refractivity contribution in [3.63, 3.8) is 0 Å². The minimum absolute atomic E-state index is 0.0480. The summed E-state index contributed by atoms with van der Waals surface area (Å²) in [5.74, 6) is 0.776. The third-order valence-corrected chi connectivity index (χ3v) is 4.45. The quantitative estimate of drug-likeness (QED) is 0.752. The SMILES string of the molecule is CC[C@@H](COC)NC(=O)c1ccc(CSc2ccccn2)cc1. The zero-order chi connectivity index (χ0) is 16.5. The Kier molecular flexibility index (Phi) is 7.10. The van der Waals surface area contributed by atoms with Crippen LogP contribution in [-0.2, 0) is 10.5 Å². The van der Waals surface area contributed by atoms with Gasteiger partial charge >= 0.3 is 0 Å². The largest absolute Gasteiger partial charge is 0.383 e. The molecule has 5 heteroatoms. The molecule has 2 rings (SSSR count). The lowest BCUT2D eigenvalue weighted by Crippen LogP contribution is -2.37. The highest BCUT2D eigenvalue weighted by atomic mass is 32.2. The number of aromatic nitrogens is 1. The van der Waals surface area contributed by atoms with Crippen molar-refractivity contribution in [3.8, 4) is 0 Å². The molecule has 4 nitrogen and oxygen atoms in total. The fourth-order valence-electron chi connectivity index (χ4n) is 2.07. The van der Waals surface area contributed by atoms with Gasteiger partial charge in [-0.05, 0) is 36.2 Å². The molecule has 0 aliphatic carbocycles. The summed E-state index contributed by atoms with van der Waals surface area (Å²) in [5.41, 5.74) is 1.84. The molecule has 0 aliphatic rings. The number of methoxy groups -OCH3 is 1. The second-order valence-corrected chi connectivity index (χ2v) is 6.18. The smallest absolute Gasteiger partial charge is 0.251 e. The van der Waals surface area contributed by atoms with Crippen LogP contribution in [0.5, 0.6) is 0 Å². The van der Waals surface area contributed by atoms with Crippen LogP contribution in [-0.4, -0.2) is 30.6 Å². The maximum Gasteiger partial charge on any atom is 0.251 e. The van der Waals surface area contributed by atoms with E-state index in [0.717, 1.165) is 17.2 Å². The van der Waals surface area contributed by atoms with Gasteiger partial charge < -0.3 is 10.1 Å². The summed E-state index contributed by atoms with van der Waals surface area (Å²) < 4.78 is 5.10. The van der Waals surface area contributed by atoms with Gasteiger partial charge in [-0.3, -0.25) is 4.79 Å². The molecule has 1 N–H and O–H groups in total. The molecule has 1 heterocycles. The molecule has 0 spiro atoms. The van der Waals surface area contributed by atoms with E-state index in [1.54, 1.807) is 25.1 Å². The van der Waals surface area contributed by atoms with Crippen molar-refractivity contribution >= 4 is 17.7 Å².